The number of rotatable bonds is 3. The molecule has 1 fully saturated rings. The van der Waals surface area contributed by atoms with Crippen LogP contribution in [0.1, 0.15) is 12.8 Å². The molecule has 1 saturated heterocycles. The van der Waals surface area contributed by atoms with Crippen LogP contribution in [-0.4, -0.2) is 45.2 Å². The van der Waals surface area contributed by atoms with E-state index in [-0.39, 0.29) is 17.1 Å². The Bertz CT molecular complexity index is 725. The standard InChI is InChI=1S/C14H14F2N4O2/c15-9-4-11-12(5-10(9)16)19-13(7-17-11)18-6-8-2-1-3-20(8)14(21)22/h4-5,7-8H,1-3,6H2,(H,18,19)(H,21,22)/t8-/m1/s1. The molecule has 1 amide bonds. The van der Waals surface area contributed by atoms with Crippen LogP contribution >= 0.6 is 0 Å². The molecule has 0 saturated carbocycles. The molecule has 0 unspecified atom stereocenters. The predicted molar refractivity (Wildman–Crippen MR) is 75.7 cm³/mol. The van der Waals surface area contributed by atoms with E-state index in [4.69, 9.17) is 5.11 Å². The minimum Gasteiger partial charge on any atom is -0.465 e. The van der Waals surface area contributed by atoms with E-state index in [0.29, 0.717) is 18.9 Å². The SMILES string of the molecule is O=C(O)N1CCC[C@@H]1CNc1cnc2cc(F)c(F)cc2n1. The van der Waals surface area contributed by atoms with Gasteiger partial charge in [0.05, 0.1) is 23.3 Å². The first-order valence-electron chi connectivity index (χ1n) is 6.90. The van der Waals surface area contributed by atoms with Crippen molar-refractivity contribution in [3.63, 3.8) is 0 Å². The minimum absolute atomic E-state index is 0.125. The van der Waals surface area contributed by atoms with Gasteiger partial charge in [-0.3, -0.25) is 4.98 Å². The van der Waals surface area contributed by atoms with E-state index in [0.717, 1.165) is 25.0 Å². The Kier molecular flexibility index (Phi) is 3.74. The number of carbonyl (C=O) groups is 1. The number of aromatic nitrogens is 2. The second-order valence-electron chi connectivity index (χ2n) is 5.16. The van der Waals surface area contributed by atoms with Crippen molar-refractivity contribution in [3.05, 3.63) is 30.0 Å². The summed E-state index contributed by atoms with van der Waals surface area (Å²) >= 11 is 0. The van der Waals surface area contributed by atoms with Crippen LogP contribution in [0.3, 0.4) is 0 Å². The van der Waals surface area contributed by atoms with Crippen LogP contribution in [0.25, 0.3) is 11.0 Å². The third-order valence-electron chi connectivity index (χ3n) is 3.73. The van der Waals surface area contributed by atoms with Gasteiger partial charge in [0.1, 0.15) is 5.82 Å². The van der Waals surface area contributed by atoms with Crippen molar-refractivity contribution in [2.24, 2.45) is 0 Å². The van der Waals surface area contributed by atoms with E-state index in [2.05, 4.69) is 15.3 Å². The highest BCUT2D eigenvalue weighted by atomic mass is 19.2. The fraction of sp³-hybridized carbons (Fsp3) is 0.357. The Balaban J connectivity index is 1.74. The van der Waals surface area contributed by atoms with Gasteiger partial charge in [0.25, 0.3) is 0 Å². The molecule has 1 atom stereocenters. The molecule has 1 aliphatic rings. The van der Waals surface area contributed by atoms with Crippen LogP contribution in [0.15, 0.2) is 18.3 Å². The van der Waals surface area contributed by atoms with Gasteiger partial charge in [-0.15, -0.1) is 0 Å². The predicted octanol–water partition coefficient (Wildman–Crippen LogP) is 2.46. The summed E-state index contributed by atoms with van der Waals surface area (Å²) in [4.78, 5) is 20.6. The van der Waals surface area contributed by atoms with Crippen molar-refractivity contribution in [3.8, 4) is 0 Å². The van der Waals surface area contributed by atoms with E-state index in [9.17, 15) is 13.6 Å². The van der Waals surface area contributed by atoms with E-state index >= 15 is 0 Å². The van der Waals surface area contributed by atoms with Gasteiger partial charge in [0.2, 0.25) is 0 Å². The van der Waals surface area contributed by atoms with Crippen molar-refractivity contribution in [2.75, 3.05) is 18.4 Å². The first-order valence-corrected chi connectivity index (χ1v) is 6.90. The molecule has 1 aromatic heterocycles. The van der Waals surface area contributed by atoms with Crippen LogP contribution in [0.5, 0.6) is 0 Å². The fourth-order valence-electron chi connectivity index (χ4n) is 2.62. The summed E-state index contributed by atoms with van der Waals surface area (Å²) in [6.45, 7) is 0.922. The average Bonchev–Trinajstić information content (AvgIpc) is 2.95. The molecule has 2 N–H and O–H groups in total. The lowest BCUT2D eigenvalue weighted by Gasteiger charge is -2.21. The van der Waals surface area contributed by atoms with Gasteiger partial charge in [0.15, 0.2) is 11.6 Å². The van der Waals surface area contributed by atoms with E-state index < -0.39 is 17.7 Å². The maximum absolute atomic E-state index is 13.2. The minimum atomic E-state index is -0.980. The summed E-state index contributed by atoms with van der Waals surface area (Å²) in [6, 6.07) is 1.85. The number of benzene rings is 1. The molecule has 2 heterocycles. The molecule has 0 spiro atoms. The maximum atomic E-state index is 13.2. The number of nitrogens with zero attached hydrogens (tertiary/aromatic N) is 3. The van der Waals surface area contributed by atoms with Crippen molar-refractivity contribution in [2.45, 2.75) is 18.9 Å². The number of anilines is 1. The number of likely N-dealkylation sites (tertiary alicyclic amines) is 1. The van der Waals surface area contributed by atoms with Crippen LogP contribution < -0.4 is 5.32 Å². The van der Waals surface area contributed by atoms with Gasteiger partial charge >= 0.3 is 6.09 Å². The second-order valence-corrected chi connectivity index (χ2v) is 5.16. The first-order chi connectivity index (χ1) is 10.5. The summed E-state index contributed by atoms with van der Waals surface area (Å²) in [6.07, 6.45) is 2.08. The lowest BCUT2D eigenvalue weighted by Crippen LogP contribution is -2.38. The van der Waals surface area contributed by atoms with Crippen LogP contribution in [-0.2, 0) is 0 Å². The number of carboxylic acid groups (broad SMARTS) is 1. The topological polar surface area (TPSA) is 78.4 Å². The average molecular weight is 308 g/mol. The number of nitrogens with one attached hydrogen (secondary N) is 1. The summed E-state index contributed by atoms with van der Waals surface area (Å²) in [5.74, 6) is -1.55. The van der Waals surface area contributed by atoms with Crippen molar-refractivity contribution >= 4 is 22.9 Å². The maximum Gasteiger partial charge on any atom is 0.407 e. The van der Waals surface area contributed by atoms with Gasteiger partial charge in [-0.25, -0.2) is 18.6 Å². The highest BCUT2D eigenvalue weighted by Crippen LogP contribution is 2.19. The van der Waals surface area contributed by atoms with Gasteiger partial charge in [-0.05, 0) is 12.8 Å². The van der Waals surface area contributed by atoms with Crippen molar-refractivity contribution < 1.29 is 18.7 Å². The summed E-state index contributed by atoms with van der Waals surface area (Å²) < 4.78 is 26.3. The zero-order valence-corrected chi connectivity index (χ0v) is 11.6. The molecule has 116 valence electrons. The van der Waals surface area contributed by atoms with E-state index in [1.54, 1.807) is 0 Å². The molecular weight excluding hydrogens is 294 g/mol. The Morgan fingerprint density at radius 2 is 2.09 bits per heavy atom. The zero-order valence-electron chi connectivity index (χ0n) is 11.6. The monoisotopic (exact) mass is 308 g/mol. The molecule has 1 aromatic carbocycles. The van der Waals surface area contributed by atoms with Gasteiger partial charge < -0.3 is 15.3 Å². The number of hydrogen-bond acceptors (Lipinski definition) is 4. The first kappa shape index (κ1) is 14.4. The Morgan fingerprint density at radius 3 is 2.82 bits per heavy atom. The number of halogens is 2. The molecule has 6 nitrogen and oxygen atoms in total. The highest BCUT2D eigenvalue weighted by molar-refractivity contribution is 5.75. The highest BCUT2D eigenvalue weighted by Gasteiger charge is 2.28. The Hall–Kier alpha value is -2.51. The molecule has 0 bridgehead atoms. The third-order valence-corrected chi connectivity index (χ3v) is 3.73. The third kappa shape index (κ3) is 2.76. The molecule has 1 aliphatic heterocycles. The van der Waals surface area contributed by atoms with Gasteiger partial charge in [0, 0.05) is 25.2 Å². The van der Waals surface area contributed by atoms with Gasteiger partial charge in [-0.1, -0.05) is 0 Å². The lowest BCUT2D eigenvalue weighted by molar-refractivity contribution is 0.142. The van der Waals surface area contributed by atoms with Crippen LogP contribution in [0.2, 0.25) is 0 Å². The quantitative estimate of drug-likeness (QED) is 0.910. The molecule has 0 radical (unpaired) electrons. The number of amides is 1. The Labute approximate surface area is 124 Å². The summed E-state index contributed by atoms with van der Waals surface area (Å²) in [5.41, 5.74) is 0.503. The van der Waals surface area contributed by atoms with Gasteiger partial charge in [-0.2, -0.15) is 0 Å². The van der Waals surface area contributed by atoms with E-state index in [1.165, 1.54) is 11.1 Å². The van der Waals surface area contributed by atoms with Crippen LogP contribution in [0.4, 0.5) is 19.4 Å². The molecule has 2 aromatic rings. The molecule has 8 heteroatoms. The number of fused-ring (bicyclic) bond motifs is 1. The smallest absolute Gasteiger partial charge is 0.407 e. The molecule has 3 rings (SSSR count). The van der Waals surface area contributed by atoms with Crippen molar-refractivity contribution in [1.82, 2.24) is 14.9 Å². The number of hydrogen-bond donors (Lipinski definition) is 2. The Morgan fingerprint density at radius 1 is 1.36 bits per heavy atom. The fourth-order valence-corrected chi connectivity index (χ4v) is 2.62. The van der Waals surface area contributed by atoms with Crippen LogP contribution in [0, 0.1) is 11.6 Å². The normalized spacial score (nSPS) is 17.9. The largest absolute Gasteiger partial charge is 0.465 e. The summed E-state index contributed by atoms with van der Waals surface area (Å²) in [5, 5.41) is 12.1. The second kappa shape index (κ2) is 5.70. The summed E-state index contributed by atoms with van der Waals surface area (Å²) in [7, 11) is 0. The van der Waals surface area contributed by atoms with E-state index in [1.807, 2.05) is 0 Å². The lowest BCUT2D eigenvalue weighted by atomic mass is 10.2. The van der Waals surface area contributed by atoms with Crippen molar-refractivity contribution in [1.29, 1.82) is 0 Å². The molecule has 0 aliphatic carbocycles. The zero-order chi connectivity index (χ0) is 15.7. The molecule has 22 heavy (non-hydrogen) atoms. The molecular formula is C14H14F2N4O2.